The van der Waals surface area contributed by atoms with Gasteiger partial charge in [0.1, 0.15) is 13.2 Å². The van der Waals surface area contributed by atoms with Crippen molar-refractivity contribution in [1.82, 2.24) is 0 Å². The highest BCUT2D eigenvalue weighted by atomic mass is 16.6. The fourth-order valence-electron chi connectivity index (χ4n) is 10.4. The summed E-state index contributed by atoms with van der Waals surface area (Å²) in [5.41, 5.74) is 0. The van der Waals surface area contributed by atoms with Crippen molar-refractivity contribution in [3.05, 3.63) is 72.9 Å². The number of hydrogen-bond acceptors (Lipinski definition) is 6. The molecule has 0 saturated carbocycles. The number of ether oxygens (including phenoxy) is 3. The molecule has 0 saturated heterocycles. The van der Waals surface area contributed by atoms with Crippen molar-refractivity contribution in [3.63, 3.8) is 0 Å². The standard InChI is InChI=1S/C75H134O6/c1-4-7-10-13-16-19-22-25-28-31-33-35-36-37-38-40-41-44-47-50-53-56-59-62-65-68-74(77)80-71-72(70-79-73(76)67-64-61-58-55-52-49-46-43-30-27-24-21-18-15-12-9-6-3)81-75(78)69-66-63-60-57-54-51-48-45-42-39-34-32-29-26-23-20-17-14-11-8-5-2/h9,12,18,21,27,30-31,33,46,49,55,58,72H,4-8,10-11,13-17,19-20,22-26,28-29,32,34-45,47-48,50-54,56-57,59-71H2,1-3H3/b12-9-,21-18-,30-27-,33-31-,49-46-,58-55-. The van der Waals surface area contributed by atoms with E-state index in [2.05, 4.69) is 93.7 Å². The van der Waals surface area contributed by atoms with E-state index in [1.165, 1.54) is 244 Å². The molecule has 0 fully saturated rings. The molecule has 0 amide bonds. The average Bonchev–Trinajstić information content (AvgIpc) is 3.47. The monoisotopic (exact) mass is 1130 g/mol. The molecule has 1 atom stereocenters. The number of rotatable bonds is 65. The van der Waals surface area contributed by atoms with Crippen LogP contribution in [-0.4, -0.2) is 37.2 Å². The molecule has 0 rings (SSSR count). The maximum Gasteiger partial charge on any atom is 0.306 e. The smallest absolute Gasteiger partial charge is 0.306 e. The number of carbonyl (C=O) groups excluding carboxylic acids is 3. The normalized spacial score (nSPS) is 12.5. The molecule has 0 aromatic heterocycles. The van der Waals surface area contributed by atoms with Crippen LogP contribution in [0, 0.1) is 0 Å². The lowest BCUT2D eigenvalue weighted by molar-refractivity contribution is -0.167. The van der Waals surface area contributed by atoms with Gasteiger partial charge in [-0.2, -0.15) is 0 Å². The molecule has 0 aliphatic carbocycles. The van der Waals surface area contributed by atoms with Crippen LogP contribution in [0.3, 0.4) is 0 Å². The van der Waals surface area contributed by atoms with Gasteiger partial charge >= 0.3 is 17.9 Å². The molecule has 6 heteroatoms. The molecule has 81 heavy (non-hydrogen) atoms. The van der Waals surface area contributed by atoms with Crippen LogP contribution in [0.25, 0.3) is 0 Å². The first-order valence-corrected chi connectivity index (χ1v) is 35.4. The van der Waals surface area contributed by atoms with Gasteiger partial charge in [0.2, 0.25) is 0 Å². The van der Waals surface area contributed by atoms with Crippen LogP contribution in [0.2, 0.25) is 0 Å². The van der Waals surface area contributed by atoms with Crippen molar-refractivity contribution in [1.29, 1.82) is 0 Å². The molecule has 470 valence electrons. The SMILES string of the molecule is CC/C=C\C/C=C\C/C=C\C/C=C\C/C=C\CCCC(=O)OCC(COC(=O)CCCCCCCCCCCCCCC/C=C\CCCCCCCCCC)OC(=O)CCCCCCCCCCCCCCCCCCCCCCC. The summed E-state index contributed by atoms with van der Waals surface area (Å²) in [6, 6.07) is 0. The summed E-state index contributed by atoms with van der Waals surface area (Å²) < 4.78 is 17.0. The summed E-state index contributed by atoms with van der Waals surface area (Å²) in [4.78, 5) is 38.4. The summed E-state index contributed by atoms with van der Waals surface area (Å²) in [5, 5.41) is 0. The van der Waals surface area contributed by atoms with Crippen molar-refractivity contribution in [2.75, 3.05) is 13.2 Å². The Bertz CT molecular complexity index is 1490. The molecule has 0 spiro atoms. The van der Waals surface area contributed by atoms with Crippen molar-refractivity contribution in [3.8, 4) is 0 Å². The molecular weight excluding hydrogens is 997 g/mol. The molecule has 0 radical (unpaired) electrons. The Morgan fingerprint density at radius 2 is 0.494 bits per heavy atom. The number of esters is 3. The molecule has 0 heterocycles. The quantitative estimate of drug-likeness (QED) is 0.0261. The Morgan fingerprint density at radius 1 is 0.259 bits per heavy atom. The Kier molecular flexibility index (Phi) is 66.6. The average molecular weight is 1130 g/mol. The summed E-state index contributed by atoms with van der Waals surface area (Å²) in [7, 11) is 0. The van der Waals surface area contributed by atoms with Gasteiger partial charge in [0.15, 0.2) is 6.10 Å². The Balaban J connectivity index is 4.35. The van der Waals surface area contributed by atoms with E-state index in [0.29, 0.717) is 19.3 Å². The van der Waals surface area contributed by atoms with Gasteiger partial charge < -0.3 is 14.2 Å². The maximum atomic E-state index is 13.0. The third-order valence-corrected chi connectivity index (χ3v) is 15.7. The van der Waals surface area contributed by atoms with Crippen LogP contribution in [0.4, 0.5) is 0 Å². The molecule has 0 bridgehead atoms. The highest BCUT2D eigenvalue weighted by molar-refractivity contribution is 5.71. The Morgan fingerprint density at radius 3 is 0.815 bits per heavy atom. The van der Waals surface area contributed by atoms with Crippen LogP contribution in [0.15, 0.2) is 72.9 Å². The number of hydrogen-bond donors (Lipinski definition) is 0. The van der Waals surface area contributed by atoms with E-state index >= 15 is 0 Å². The van der Waals surface area contributed by atoms with E-state index in [4.69, 9.17) is 14.2 Å². The summed E-state index contributed by atoms with van der Waals surface area (Å²) in [6.07, 6.45) is 90.8. The van der Waals surface area contributed by atoms with Crippen LogP contribution in [0.5, 0.6) is 0 Å². The van der Waals surface area contributed by atoms with Gasteiger partial charge in [-0.1, -0.05) is 338 Å². The minimum absolute atomic E-state index is 0.0893. The maximum absolute atomic E-state index is 13.0. The van der Waals surface area contributed by atoms with Crippen LogP contribution < -0.4 is 0 Å². The topological polar surface area (TPSA) is 78.9 Å². The van der Waals surface area contributed by atoms with E-state index in [9.17, 15) is 14.4 Å². The van der Waals surface area contributed by atoms with E-state index in [-0.39, 0.29) is 37.5 Å². The summed E-state index contributed by atoms with van der Waals surface area (Å²) >= 11 is 0. The van der Waals surface area contributed by atoms with Crippen molar-refractivity contribution in [2.45, 2.75) is 374 Å². The predicted molar refractivity (Wildman–Crippen MR) is 353 cm³/mol. The molecular formula is C75H134O6. The zero-order chi connectivity index (χ0) is 58.5. The fourth-order valence-corrected chi connectivity index (χ4v) is 10.4. The second kappa shape index (κ2) is 69.3. The van der Waals surface area contributed by atoms with Gasteiger partial charge in [0, 0.05) is 19.3 Å². The molecule has 0 aromatic carbocycles. The first-order chi connectivity index (χ1) is 40.0. The second-order valence-electron chi connectivity index (χ2n) is 23.8. The predicted octanol–water partition coefficient (Wildman–Crippen LogP) is 24.4. The van der Waals surface area contributed by atoms with Crippen molar-refractivity contribution >= 4 is 17.9 Å². The number of carbonyl (C=O) groups is 3. The largest absolute Gasteiger partial charge is 0.462 e. The Hall–Kier alpha value is -3.15. The molecule has 0 aliphatic rings. The molecule has 0 N–H and O–H groups in total. The van der Waals surface area contributed by atoms with Crippen molar-refractivity contribution < 1.29 is 28.6 Å². The third kappa shape index (κ3) is 67.5. The molecule has 6 nitrogen and oxygen atoms in total. The summed E-state index contributed by atoms with van der Waals surface area (Å²) in [6.45, 7) is 6.54. The second-order valence-corrected chi connectivity index (χ2v) is 23.8. The van der Waals surface area contributed by atoms with Crippen molar-refractivity contribution in [2.24, 2.45) is 0 Å². The van der Waals surface area contributed by atoms with Gasteiger partial charge in [-0.05, 0) is 83.5 Å². The number of unbranched alkanes of at least 4 members (excludes halogenated alkanes) is 42. The lowest BCUT2D eigenvalue weighted by atomic mass is 10.0. The lowest BCUT2D eigenvalue weighted by Gasteiger charge is -2.18. The van der Waals surface area contributed by atoms with Gasteiger partial charge in [0.25, 0.3) is 0 Å². The fraction of sp³-hybridized carbons (Fsp3) is 0.800. The van der Waals surface area contributed by atoms with Gasteiger partial charge in [0.05, 0.1) is 0 Å². The highest BCUT2D eigenvalue weighted by Crippen LogP contribution is 2.18. The zero-order valence-electron chi connectivity index (χ0n) is 54.1. The van der Waals surface area contributed by atoms with Gasteiger partial charge in [-0.25, -0.2) is 0 Å². The zero-order valence-corrected chi connectivity index (χ0v) is 54.1. The van der Waals surface area contributed by atoms with Crippen LogP contribution in [-0.2, 0) is 28.6 Å². The first-order valence-electron chi connectivity index (χ1n) is 35.4. The van der Waals surface area contributed by atoms with E-state index in [0.717, 1.165) is 77.0 Å². The first kappa shape index (κ1) is 77.9. The Labute approximate surface area is 503 Å². The number of allylic oxidation sites excluding steroid dienone is 12. The third-order valence-electron chi connectivity index (χ3n) is 15.7. The van der Waals surface area contributed by atoms with Gasteiger partial charge in [-0.15, -0.1) is 0 Å². The minimum Gasteiger partial charge on any atom is -0.462 e. The van der Waals surface area contributed by atoms with Gasteiger partial charge in [-0.3, -0.25) is 14.4 Å². The molecule has 0 aliphatic heterocycles. The minimum atomic E-state index is -0.798. The van der Waals surface area contributed by atoms with E-state index < -0.39 is 6.10 Å². The highest BCUT2D eigenvalue weighted by Gasteiger charge is 2.19. The van der Waals surface area contributed by atoms with Crippen LogP contribution >= 0.6 is 0 Å². The molecule has 0 aromatic rings. The van der Waals surface area contributed by atoms with Crippen LogP contribution in [0.1, 0.15) is 367 Å². The van der Waals surface area contributed by atoms with E-state index in [1.54, 1.807) is 0 Å². The lowest BCUT2D eigenvalue weighted by Crippen LogP contribution is -2.30. The molecule has 1 unspecified atom stereocenters. The summed E-state index contributed by atoms with van der Waals surface area (Å²) in [5.74, 6) is -0.928. The van der Waals surface area contributed by atoms with E-state index in [1.807, 2.05) is 0 Å².